The minimum absolute atomic E-state index is 0.0290. The van der Waals surface area contributed by atoms with E-state index >= 15 is 0 Å². The molecule has 0 spiro atoms. The minimum atomic E-state index is -0.834. The van der Waals surface area contributed by atoms with Gasteiger partial charge in [0, 0.05) is 27.2 Å². The fourth-order valence-corrected chi connectivity index (χ4v) is 2.42. The molecule has 0 heterocycles. The van der Waals surface area contributed by atoms with Crippen LogP contribution < -0.4 is 5.32 Å². The molecule has 3 amide bonds. The average Bonchev–Trinajstić information content (AvgIpc) is 2.37. The highest BCUT2D eigenvalue weighted by Crippen LogP contribution is 2.43. The van der Waals surface area contributed by atoms with Gasteiger partial charge in [-0.25, -0.2) is 4.79 Å². The number of carbonyl (C=O) groups is 3. The summed E-state index contributed by atoms with van der Waals surface area (Å²) in [4.78, 5) is 37.5. The van der Waals surface area contributed by atoms with Gasteiger partial charge in [-0.2, -0.15) is 0 Å². The number of aliphatic carboxylic acids is 1. The monoisotopic (exact) mass is 299 g/mol. The lowest BCUT2D eigenvalue weighted by Crippen LogP contribution is -2.50. The highest BCUT2D eigenvalue weighted by molar-refractivity contribution is 5.83. The van der Waals surface area contributed by atoms with Crippen molar-refractivity contribution < 1.29 is 19.5 Å². The van der Waals surface area contributed by atoms with E-state index in [1.807, 2.05) is 0 Å². The van der Waals surface area contributed by atoms with Crippen molar-refractivity contribution in [2.24, 2.45) is 5.41 Å². The summed E-state index contributed by atoms with van der Waals surface area (Å²) in [6.07, 6.45) is 2.72. The number of hydrogen-bond donors (Lipinski definition) is 2. The van der Waals surface area contributed by atoms with Crippen molar-refractivity contribution in [2.75, 3.05) is 33.7 Å². The van der Waals surface area contributed by atoms with Crippen LogP contribution in [0, 0.1) is 5.41 Å². The van der Waals surface area contributed by atoms with Crippen molar-refractivity contribution in [1.29, 1.82) is 0 Å². The van der Waals surface area contributed by atoms with Gasteiger partial charge in [0.2, 0.25) is 5.91 Å². The van der Waals surface area contributed by atoms with Crippen LogP contribution in [0.2, 0.25) is 0 Å². The molecule has 1 rings (SSSR count). The number of likely N-dealkylation sites (N-methyl/N-ethyl adjacent to an activating group) is 2. The molecule has 0 unspecified atom stereocenters. The Morgan fingerprint density at radius 2 is 1.86 bits per heavy atom. The van der Waals surface area contributed by atoms with E-state index in [0.717, 1.165) is 19.3 Å². The number of carbonyl (C=O) groups excluding carboxylic acids is 2. The van der Waals surface area contributed by atoms with E-state index in [1.54, 1.807) is 21.0 Å². The molecule has 1 aliphatic carbocycles. The first-order chi connectivity index (χ1) is 9.79. The normalized spacial score (nSPS) is 15.8. The quantitative estimate of drug-likeness (QED) is 0.726. The Labute approximate surface area is 125 Å². The molecule has 0 aromatic carbocycles. The zero-order chi connectivity index (χ0) is 16.0. The van der Waals surface area contributed by atoms with Gasteiger partial charge in [-0.1, -0.05) is 6.42 Å². The van der Waals surface area contributed by atoms with E-state index < -0.39 is 5.97 Å². The molecule has 7 heteroatoms. The maximum Gasteiger partial charge on any atom is 0.317 e. The van der Waals surface area contributed by atoms with Gasteiger partial charge in [-0.3, -0.25) is 9.59 Å². The van der Waals surface area contributed by atoms with Gasteiger partial charge in [0.15, 0.2) is 0 Å². The number of nitrogens with one attached hydrogen (secondary N) is 1. The third-order valence-corrected chi connectivity index (χ3v) is 4.05. The topological polar surface area (TPSA) is 90.0 Å². The van der Waals surface area contributed by atoms with Crippen molar-refractivity contribution in [2.45, 2.75) is 32.6 Å². The molecule has 0 aromatic rings. The first kappa shape index (κ1) is 17.3. The third kappa shape index (κ3) is 4.91. The summed E-state index contributed by atoms with van der Waals surface area (Å²) in [5, 5.41) is 11.7. The van der Waals surface area contributed by atoms with Crippen LogP contribution in [0.4, 0.5) is 4.79 Å². The van der Waals surface area contributed by atoms with Gasteiger partial charge in [-0.15, -0.1) is 0 Å². The number of nitrogens with zero attached hydrogens (tertiary/aromatic N) is 2. The van der Waals surface area contributed by atoms with Gasteiger partial charge >= 0.3 is 12.0 Å². The fraction of sp³-hybridized carbons (Fsp3) is 0.786. The first-order valence-electron chi connectivity index (χ1n) is 7.24. The molecular weight excluding hydrogens is 274 g/mol. The second kappa shape index (κ2) is 7.28. The summed E-state index contributed by atoms with van der Waals surface area (Å²) in [6.45, 7) is 2.61. The predicted molar refractivity (Wildman–Crippen MR) is 77.9 cm³/mol. The van der Waals surface area contributed by atoms with Crippen LogP contribution in [0.25, 0.3) is 0 Å². The van der Waals surface area contributed by atoms with E-state index in [4.69, 9.17) is 5.11 Å². The lowest BCUT2D eigenvalue weighted by atomic mass is 9.66. The van der Waals surface area contributed by atoms with E-state index in [9.17, 15) is 14.4 Å². The molecule has 0 saturated heterocycles. The smallest absolute Gasteiger partial charge is 0.317 e. The van der Waals surface area contributed by atoms with E-state index in [1.165, 1.54) is 9.80 Å². The highest BCUT2D eigenvalue weighted by atomic mass is 16.4. The Morgan fingerprint density at radius 3 is 2.24 bits per heavy atom. The van der Waals surface area contributed by atoms with Crippen LogP contribution in [0.1, 0.15) is 32.6 Å². The van der Waals surface area contributed by atoms with Crippen molar-refractivity contribution >= 4 is 17.9 Å². The van der Waals surface area contributed by atoms with Crippen LogP contribution in [0.3, 0.4) is 0 Å². The van der Waals surface area contributed by atoms with Crippen LogP contribution in [-0.2, 0) is 9.59 Å². The van der Waals surface area contributed by atoms with Crippen LogP contribution in [-0.4, -0.2) is 66.5 Å². The summed E-state index contributed by atoms with van der Waals surface area (Å²) in [5.74, 6) is -0.977. The summed E-state index contributed by atoms with van der Waals surface area (Å²) in [5.41, 5.74) is -0.313. The molecule has 21 heavy (non-hydrogen) atoms. The van der Waals surface area contributed by atoms with E-state index in [2.05, 4.69) is 5.32 Å². The Balaban J connectivity index is 2.50. The fourth-order valence-electron chi connectivity index (χ4n) is 2.42. The number of carboxylic acids is 1. The number of carboxylic acid groups (broad SMARTS) is 1. The average molecular weight is 299 g/mol. The number of rotatable bonds is 7. The number of hydrogen-bond acceptors (Lipinski definition) is 3. The summed E-state index contributed by atoms with van der Waals surface area (Å²) in [6, 6.07) is -0.315. The molecule has 0 aliphatic heterocycles. The molecule has 1 fully saturated rings. The highest BCUT2D eigenvalue weighted by Gasteiger charge is 2.39. The molecule has 0 atom stereocenters. The lowest BCUT2D eigenvalue weighted by molar-refractivity contribution is -0.141. The predicted octanol–water partition coefficient (Wildman–Crippen LogP) is 0.751. The molecular formula is C14H25N3O4. The van der Waals surface area contributed by atoms with Gasteiger partial charge in [-0.05, 0) is 25.2 Å². The van der Waals surface area contributed by atoms with E-state index in [0.29, 0.717) is 13.1 Å². The summed E-state index contributed by atoms with van der Waals surface area (Å²) in [7, 11) is 3.29. The third-order valence-electron chi connectivity index (χ3n) is 4.05. The van der Waals surface area contributed by atoms with Gasteiger partial charge < -0.3 is 20.2 Å². The molecule has 0 bridgehead atoms. The first-order valence-corrected chi connectivity index (χ1v) is 7.24. The largest absolute Gasteiger partial charge is 0.481 e. The van der Waals surface area contributed by atoms with Crippen molar-refractivity contribution in [1.82, 2.24) is 15.1 Å². The number of amides is 3. The van der Waals surface area contributed by atoms with Gasteiger partial charge in [0.25, 0.3) is 0 Å². The Kier molecular flexibility index (Phi) is 5.99. The van der Waals surface area contributed by atoms with Crippen molar-refractivity contribution in [3.05, 3.63) is 0 Å². The van der Waals surface area contributed by atoms with Crippen LogP contribution in [0.15, 0.2) is 0 Å². The molecule has 1 aliphatic rings. The van der Waals surface area contributed by atoms with Gasteiger partial charge in [0.1, 0.15) is 6.54 Å². The Bertz CT molecular complexity index is 405. The molecule has 2 N–H and O–H groups in total. The molecule has 0 radical (unpaired) electrons. The molecule has 0 aromatic heterocycles. The van der Waals surface area contributed by atoms with Crippen molar-refractivity contribution in [3.8, 4) is 0 Å². The van der Waals surface area contributed by atoms with Gasteiger partial charge in [0.05, 0.1) is 6.42 Å². The maximum absolute atomic E-state index is 12.1. The molecule has 7 nitrogen and oxygen atoms in total. The van der Waals surface area contributed by atoms with Crippen LogP contribution >= 0.6 is 0 Å². The molecule has 120 valence electrons. The maximum atomic E-state index is 12.1. The van der Waals surface area contributed by atoms with Crippen LogP contribution in [0.5, 0.6) is 0 Å². The minimum Gasteiger partial charge on any atom is -0.481 e. The standard InChI is InChI=1S/C14H25N3O4/c1-4-17(9-11(18)16(2)3)13(21)15-10-14(6-5-7-14)8-12(19)20/h4-10H2,1-3H3,(H,15,21)(H,19,20). The zero-order valence-electron chi connectivity index (χ0n) is 13.0. The second-order valence-corrected chi connectivity index (χ2v) is 5.89. The summed E-state index contributed by atoms with van der Waals surface area (Å²) < 4.78 is 0. The van der Waals surface area contributed by atoms with E-state index in [-0.39, 0.29) is 30.3 Å². The zero-order valence-corrected chi connectivity index (χ0v) is 13.0. The second-order valence-electron chi connectivity index (χ2n) is 5.89. The Hall–Kier alpha value is -1.79. The van der Waals surface area contributed by atoms with Crippen molar-refractivity contribution in [3.63, 3.8) is 0 Å². The SMILES string of the molecule is CCN(CC(=O)N(C)C)C(=O)NCC1(CC(=O)O)CCC1. The lowest BCUT2D eigenvalue weighted by Gasteiger charge is -2.41. The summed E-state index contributed by atoms with van der Waals surface area (Å²) >= 11 is 0. The number of urea groups is 1. The molecule has 1 saturated carbocycles. The Morgan fingerprint density at radius 1 is 1.24 bits per heavy atom.